The summed E-state index contributed by atoms with van der Waals surface area (Å²) >= 11 is 6.03. The SMILES string of the molecule is C=C1CC(=O)N(c2cn(-c3cccnc3)nc2Cl)C1=O. The smallest absolute Gasteiger partial charge is 0.261 e. The topological polar surface area (TPSA) is 68.1 Å². The van der Waals surface area contributed by atoms with E-state index in [-0.39, 0.29) is 28.7 Å². The Morgan fingerprint density at radius 1 is 1.35 bits per heavy atom. The number of hydrogen-bond donors (Lipinski definition) is 0. The second-order valence-corrected chi connectivity index (χ2v) is 4.63. The molecule has 0 bridgehead atoms. The van der Waals surface area contributed by atoms with E-state index >= 15 is 0 Å². The van der Waals surface area contributed by atoms with Crippen molar-refractivity contribution in [2.75, 3.05) is 4.90 Å². The third kappa shape index (κ3) is 1.90. The molecule has 2 amide bonds. The van der Waals surface area contributed by atoms with Crippen molar-refractivity contribution in [1.29, 1.82) is 0 Å². The average molecular weight is 289 g/mol. The molecule has 0 saturated carbocycles. The van der Waals surface area contributed by atoms with E-state index in [1.807, 2.05) is 0 Å². The molecule has 0 radical (unpaired) electrons. The highest BCUT2D eigenvalue weighted by Crippen LogP contribution is 2.31. The normalized spacial score (nSPS) is 15.2. The summed E-state index contributed by atoms with van der Waals surface area (Å²) < 4.78 is 1.46. The highest BCUT2D eigenvalue weighted by Gasteiger charge is 2.36. The highest BCUT2D eigenvalue weighted by atomic mass is 35.5. The molecule has 1 fully saturated rings. The molecule has 0 atom stereocenters. The monoisotopic (exact) mass is 288 g/mol. The maximum atomic E-state index is 11.9. The Morgan fingerprint density at radius 3 is 2.75 bits per heavy atom. The summed E-state index contributed by atoms with van der Waals surface area (Å²) in [6.07, 6.45) is 4.76. The second kappa shape index (κ2) is 4.57. The Kier molecular flexibility index (Phi) is 2.87. The van der Waals surface area contributed by atoms with Gasteiger partial charge in [0.25, 0.3) is 5.91 Å². The van der Waals surface area contributed by atoms with Gasteiger partial charge in [-0.25, -0.2) is 9.58 Å². The second-order valence-electron chi connectivity index (χ2n) is 4.28. The van der Waals surface area contributed by atoms with Gasteiger partial charge >= 0.3 is 0 Å². The van der Waals surface area contributed by atoms with E-state index in [4.69, 9.17) is 11.6 Å². The Morgan fingerprint density at radius 2 is 2.15 bits per heavy atom. The van der Waals surface area contributed by atoms with Gasteiger partial charge in [-0.1, -0.05) is 18.2 Å². The lowest BCUT2D eigenvalue weighted by Crippen LogP contribution is -2.28. The molecule has 0 spiro atoms. The lowest BCUT2D eigenvalue weighted by Gasteiger charge is -2.10. The maximum absolute atomic E-state index is 11.9. The first-order valence-corrected chi connectivity index (χ1v) is 6.16. The highest BCUT2D eigenvalue weighted by molar-refractivity contribution is 6.36. The molecular weight excluding hydrogens is 280 g/mol. The first-order valence-electron chi connectivity index (χ1n) is 5.78. The van der Waals surface area contributed by atoms with Crippen molar-refractivity contribution in [3.05, 3.63) is 48.0 Å². The number of nitrogens with zero attached hydrogens (tertiary/aromatic N) is 4. The number of anilines is 1. The zero-order valence-corrected chi connectivity index (χ0v) is 11.0. The van der Waals surface area contributed by atoms with Gasteiger partial charge in [-0.05, 0) is 12.1 Å². The van der Waals surface area contributed by atoms with E-state index < -0.39 is 5.91 Å². The minimum atomic E-state index is -0.442. The minimum absolute atomic E-state index is 0.00718. The number of amides is 2. The van der Waals surface area contributed by atoms with Crippen molar-refractivity contribution in [1.82, 2.24) is 14.8 Å². The van der Waals surface area contributed by atoms with E-state index in [2.05, 4.69) is 16.7 Å². The summed E-state index contributed by atoms with van der Waals surface area (Å²) in [5.74, 6) is -0.796. The van der Waals surface area contributed by atoms with Gasteiger partial charge in [-0.2, -0.15) is 5.10 Å². The molecule has 20 heavy (non-hydrogen) atoms. The van der Waals surface area contributed by atoms with Crippen LogP contribution in [0.1, 0.15) is 6.42 Å². The molecule has 2 aromatic heterocycles. The van der Waals surface area contributed by atoms with Crippen molar-refractivity contribution < 1.29 is 9.59 Å². The van der Waals surface area contributed by atoms with Gasteiger partial charge in [-0.15, -0.1) is 0 Å². The predicted octanol–water partition coefficient (Wildman–Crippen LogP) is 1.74. The van der Waals surface area contributed by atoms with Crippen LogP contribution in [0.25, 0.3) is 5.69 Å². The third-order valence-electron chi connectivity index (χ3n) is 2.92. The summed E-state index contributed by atoms with van der Waals surface area (Å²) in [4.78, 5) is 28.7. The van der Waals surface area contributed by atoms with Crippen LogP contribution in [-0.4, -0.2) is 26.6 Å². The number of hydrogen-bond acceptors (Lipinski definition) is 4. The van der Waals surface area contributed by atoms with Gasteiger partial charge in [0.15, 0.2) is 5.15 Å². The number of rotatable bonds is 2. The summed E-state index contributed by atoms with van der Waals surface area (Å²) in [6.45, 7) is 3.56. The summed E-state index contributed by atoms with van der Waals surface area (Å²) in [6, 6.07) is 3.53. The van der Waals surface area contributed by atoms with Crippen molar-refractivity contribution in [2.24, 2.45) is 0 Å². The zero-order chi connectivity index (χ0) is 14.3. The lowest BCUT2D eigenvalue weighted by molar-refractivity contribution is -0.120. The van der Waals surface area contributed by atoms with E-state index in [1.54, 1.807) is 24.5 Å². The average Bonchev–Trinajstić information content (AvgIpc) is 2.92. The number of carbonyl (C=O) groups excluding carboxylic acids is 2. The largest absolute Gasteiger partial charge is 0.274 e. The van der Waals surface area contributed by atoms with Crippen molar-refractivity contribution in [3.8, 4) is 5.69 Å². The Bertz CT molecular complexity index is 723. The summed E-state index contributed by atoms with van der Waals surface area (Å²) in [7, 11) is 0. The Hall–Kier alpha value is -2.47. The summed E-state index contributed by atoms with van der Waals surface area (Å²) in [5, 5.41) is 4.16. The Labute approximate surface area is 119 Å². The lowest BCUT2D eigenvalue weighted by atomic mass is 10.3. The van der Waals surface area contributed by atoms with Crippen LogP contribution in [0.4, 0.5) is 5.69 Å². The van der Waals surface area contributed by atoms with Gasteiger partial charge in [0.2, 0.25) is 5.91 Å². The molecule has 2 aromatic rings. The molecule has 6 nitrogen and oxygen atoms in total. The fourth-order valence-electron chi connectivity index (χ4n) is 1.97. The van der Waals surface area contributed by atoms with Crippen LogP contribution in [-0.2, 0) is 9.59 Å². The van der Waals surface area contributed by atoms with E-state index in [0.29, 0.717) is 5.69 Å². The van der Waals surface area contributed by atoms with Gasteiger partial charge in [-0.3, -0.25) is 14.6 Å². The maximum Gasteiger partial charge on any atom is 0.261 e. The number of pyridine rings is 1. The van der Waals surface area contributed by atoms with Crippen LogP contribution >= 0.6 is 11.6 Å². The number of carbonyl (C=O) groups is 2. The van der Waals surface area contributed by atoms with E-state index in [0.717, 1.165) is 4.90 Å². The minimum Gasteiger partial charge on any atom is -0.274 e. The van der Waals surface area contributed by atoms with Crippen LogP contribution in [0, 0.1) is 0 Å². The Balaban J connectivity index is 2.04. The van der Waals surface area contributed by atoms with Crippen molar-refractivity contribution in [3.63, 3.8) is 0 Å². The van der Waals surface area contributed by atoms with Crippen LogP contribution in [0.15, 0.2) is 42.9 Å². The molecule has 0 unspecified atom stereocenters. The third-order valence-corrected chi connectivity index (χ3v) is 3.19. The molecule has 100 valence electrons. The molecule has 0 aromatic carbocycles. The van der Waals surface area contributed by atoms with Crippen molar-refractivity contribution in [2.45, 2.75) is 6.42 Å². The molecule has 1 aliphatic heterocycles. The van der Waals surface area contributed by atoms with Crippen LogP contribution in [0.5, 0.6) is 0 Å². The fraction of sp³-hybridized carbons (Fsp3) is 0.0769. The molecular formula is C13H9ClN4O2. The van der Waals surface area contributed by atoms with Crippen LogP contribution in [0.3, 0.4) is 0 Å². The first kappa shape index (κ1) is 12.6. The zero-order valence-electron chi connectivity index (χ0n) is 10.3. The van der Waals surface area contributed by atoms with Gasteiger partial charge in [0.1, 0.15) is 5.69 Å². The van der Waals surface area contributed by atoms with Crippen LogP contribution < -0.4 is 4.90 Å². The molecule has 1 saturated heterocycles. The van der Waals surface area contributed by atoms with E-state index in [1.165, 1.54) is 10.9 Å². The molecule has 1 aliphatic rings. The van der Waals surface area contributed by atoms with E-state index in [9.17, 15) is 9.59 Å². The molecule has 0 N–H and O–H groups in total. The number of aromatic nitrogens is 3. The molecule has 7 heteroatoms. The fourth-order valence-corrected chi connectivity index (χ4v) is 2.18. The van der Waals surface area contributed by atoms with Gasteiger partial charge in [0, 0.05) is 11.8 Å². The molecule has 3 rings (SSSR count). The standard InChI is InChI=1S/C13H9ClN4O2/c1-8-5-11(19)18(13(8)20)10-7-17(16-12(10)14)9-3-2-4-15-6-9/h2-4,6-7H,1,5H2. The first-order chi connectivity index (χ1) is 9.58. The number of imide groups is 1. The van der Waals surface area contributed by atoms with Gasteiger partial charge in [0.05, 0.1) is 24.5 Å². The predicted molar refractivity (Wildman–Crippen MR) is 72.6 cm³/mol. The van der Waals surface area contributed by atoms with Crippen molar-refractivity contribution >= 4 is 29.1 Å². The number of halogens is 1. The summed E-state index contributed by atoms with van der Waals surface area (Å²) in [5.41, 5.74) is 1.18. The van der Waals surface area contributed by atoms with Gasteiger partial charge < -0.3 is 0 Å². The molecule has 3 heterocycles. The quantitative estimate of drug-likeness (QED) is 0.623. The van der Waals surface area contributed by atoms with Crippen LogP contribution in [0.2, 0.25) is 5.15 Å². The molecule has 0 aliphatic carbocycles.